The smallest absolute Gasteiger partial charge is 0.255 e. The van der Waals surface area contributed by atoms with Gasteiger partial charge in [-0.2, -0.15) is 0 Å². The molecule has 5 nitrogen and oxygen atoms in total. The number of hydrogen-bond donors (Lipinski definition) is 1. The van der Waals surface area contributed by atoms with Crippen LogP contribution in [0.15, 0.2) is 88.2 Å². The second-order valence-corrected chi connectivity index (χ2v) is 10.2. The average molecular weight is 511 g/mol. The molecule has 0 aliphatic carbocycles. The third-order valence-electron chi connectivity index (χ3n) is 5.52. The van der Waals surface area contributed by atoms with Gasteiger partial charge in [-0.05, 0) is 52.9 Å². The molecule has 32 heavy (non-hydrogen) atoms. The number of nitrogens with two attached hydrogens (primary N) is 1. The largest absolute Gasteiger partial charge is 0.327 e. The minimum absolute atomic E-state index is 0.0151. The molecule has 7 heteroatoms. The molecule has 3 aromatic rings. The summed E-state index contributed by atoms with van der Waals surface area (Å²) in [5.41, 5.74) is 4.11. The fourth-order valence-corrected chi connectivity index (χ4v) is 5.09. The van der Waals surface area contributed by atoms with Gasteiger partial charge in [0.15, 0.2) is 0 Å². The Morgan fingerprint density at radius 2 is 1.62 bits per heavy atom. The third-order valence-corrected chi connectivity index (χ3v) is 6.94. The molecular formula is C25H23BrN2O3S. The lowest BCUT2D eigenvalue weighted by Gasteiger charge is -2.27. The van der Waals surface area contributed by atoms with Gasteiger partial charge in [-0.25, -0.2) is 13.6 Å². The van der Waals surface area contributed by atoms with Crippen molar-refractivity contribution in [1.82, 2.24) is 4.90 Å². The van der Waals surface area contributed by atoms with Gasteiger partial charge in [0.2, 0.25) is 10.0 Å². The van der Waals surface area contributed by atoms with E-state index in [0.717, 1.165) is 27.6 Å². The van der Waals surface area contributed by atoms with Gasteiger partial charge in [0.25, 0.3) is 5.91 Å². The van der Waals surface area contributed by atoms with Gasteiger partial charge in [0.05, 0.1) is 16.5 Å². The number of hydrogen-bond acceptors (Lipinski definition) is 3. The number of benzene rings is 3. The summed E-state index contributed by atoms with van der Waals surface area (Å²) in [6, 6.07) is 23.8. The maximum absolute atomic E-state index is 13.7. The van der Waals surface area contributed by atoms with Crippen LogP contribution in [0.5, 0.6) is 0 Å². The highest BCUT2D eigenvalue weighted by molar-refractivity contribution is 9.10. The number of rotatable bonds is 6. The van der Waals surface area contributed by atoms with Crippen LogP contribution in [-0.2, 0) is 14.8 Å². The van der Waals surface area contributed by atoms with Gasteiger partial charge >= 0.3 is 0 Å². The molecule has 1 atom stereocenters. The molecule has 1 unspecified atom stereocenters. The van der Waals surface area contributed by atoms with E-state index >= 15 is 0 Å². The van der Waals surface area contributed by atoms with Gasteiger partial charge in [0, 0.05) is 11.0 Å². The molecule has 2 N–H and O–H groups in total. The van der Waals surface area contributed by atoms with Crippen molar-refractivity contribution in [3.8, 4) is 0 Å². The summed E-state index contributed by atoms with van der Waals surface area (Å²) in [5.74, 6) is -0.0703. The number of carbonyl (C=O) groups is 1. The molecule has 0 aromatic heterocycles. The molecule has 0 fully saturated rings. The second-order valence-electron chi connectivity index (χ2n) is 7.68. The molecule has 0 bridgehead atoms. The lowest BCUT2D eigenvalue weighted by molar-refractivity contribution is -0.125. The van der Waals surface area contributed by atoms with Crippen LogP contribution in [0.25, 0.3) is 11.1 Å². The van der Waals surface area contributed by atoms with E-state index in [1.165, 1.54) is 12.1 Å². The number of halogens is 1. The Hall–Kier alpha value is -2.74. The van der Waals surface area contributed by atoms with E-state index in [1.54, 1.807) is 12.1 Å². The maximum atomic E-state index is 13.7. The van der Waals surface area contributed by atoms with Gasteiger partial charge in [0.1, 0.15) is 0 Å². The molecule has 4 rings (SSSR count). The summed E-state index contributed by atoms with van der Waals surface area (Å²) in [5, 5.41) is 5.26. The van der Waals surface area contributed by atoms with Crippen LogP contribution >= 0.6 is 15.9 Å². The Labute approximate surface area is 196 Å². The highest BCUT2D eigenvalue weighted by Gasteiger charge is 2.40. The van der Waals surface area contributed by atoms with Gasteiger partial charge in [-0.3, -0.25) is 4.79 Å². The lowest BCUT2D eigenvalue weighted by atomic mass is 9.89. The van der Waals surface area contributed by atoms with Crippen molar-refractivity contribution in [2.24, 2.45) is 5.14 Å². The number of primary sulfonamides is 1. The normalized spacial score (nSPS) is 16.7. The molecule has 3 aromatic carbocycles. The Balaban J connectivity index is 1.98. The summed E-state index contributed by atoms with van der Waals surface area (Å²) >= 11 is 3.55. The van der Waals surface area contributed by atoms with Crippen LogP contribution in [0.4, 0.5) is 0 Å². The molecule has 0 saturated heterocycles. The van der Waals surface area contributed by atoms with Crippen molar-refractivity contribution in [2.45, 2.75) is 24.3 Å². The van der Waals surface area contributed by atoms with Crippen LogP contribution in [0, 0.1) is 0 Å². The van der Waals surface area contributed by atoms with Gasteiger partial charge in [-0.1, -0.05) is 77.5 Å². The number of carbonyl (C=O) groups excluding carboxylic acids is 1. The number of amides is 1. The van der Waals surface area contributed by atoms with Gasteiger partial charge < -0.3 is 4.90 Å². The second kappa shape index (κ2) is 9.02. The van der Waals surface area contributed by atoms with E-state index in [9.17, 15) is 13.2 Å². The SMILES string of the molecule is CCCN1C(=O)C(c2ccc(S(N)(=O)=O)cc2)=C(c2cccc(Br)c2)C1c1ccccc1. The van der Waals surface area contributed by atoms with E-state index < -0.39 is 10.0 Å². The van der Waals surface area contributed by atoms with Crippen molar-refractivity contribution in [2.75, 3.05) is 6.54 Å². The highest BCUT2D eigenvalue weighted by Crippen LogP contribution is 2.47. The first-order valence-electron chi connectivity index (χ1n) is 10.3. The Morgan fingerprint density at radius 3 is 2.22 bits per heavy atom. The van der Waals surface area contributed by atoms with E-state index in [0.29, 0.717) is 17.7 Å². The minimum Gasteiger partial charge on any atom is -0.327 e. The summed E-state index contributed by atoms with van der Waals surface area (Å²) in [7, 11) is -3.82. The Bertz CT molecular complexity index is 1290. The van der Waals surface area contributed by atoms with Crippen LogP contribution in [0.2, 0.25) is 0 Å². The van der Waals surface area contributed by atoms with E-state index in [4.69, 9.17) is 5.14 Å². The van der Waals surface area contributed by atoms with Gasteiger partial charge in [-0.15, -0.1) is 0 Å². The zero-order valence-corrected chi connectivity index (χ0v) is 19.9. The molecule has 0 radical (unpaired) electrons. The number of sulfonamides is 1. The fraction of sp³-hybridized carbons (Fsp3) is 0.160. The average Bonchev–Trinajstić information content (AvgIpc) is 3.06. The monoisotopic (exact) mass is 510 g/mol. The highest BCUT2D eigenvalue weighted by atomic mass is 79.9. The predicted molar refractivity (Wildman–Crippen MR) is 130 cm³/mol. The fourth-order valence-electron chi connectivity index (χ4n) is 4.17. The lowest BCUT2D eigenvalue weighted by Crippen LogP contribution is -2.30. The molecular weight excluding hydrogens is 488 g/mol. The topological polar surface area (TPSA) is 80.5 Å². The number of nitrogens with zero attached hydrogens (tertiary/aromatic N) is 1. The summed E-state index contributed by atoms with van der Waals surface area (Å²) in [4.78, 5) is 15.7. The Kier molecular flexibility index (Phi) is 6.33. The first kappa shape index (κ1) is 22.5. The summed E-state index contributed by atoms with van der Waals surface area (Å²) in [6.07, 6.45) is 0.818. The predicted octanol–water partition coefficient (Wildman–Crippen LogP) is 5.00. The van der Waals surface area contributed by atoms with E-state index in [-0.39, 0.29) is 16.8 Å². The zero-order valence-electron chi connectivity index (χ0n) is 17.5. The summed E-state index contributed by atoms with van der Waals surface area (Å²) in [6.45, 7) is 2.65. The summed E-state index contributed by atoms with van der Waals surface area (Å²) < 4.78 is 24.3. The van der Waals surface area contributed by atoms with Crippen LogP contribution in [0.3, 0.4) is 0 Å². The zero-order chi connectivity index (χ0) is 22.9. The van der Waals surface area contributed by atoms with E-state index in [1.807, 2.05) is 66.4 Å². The standard InChI is InChI=1S/C25H23BrN2O3S/c1-2-15-28-24(18-7-4-3-5-8-18)22(19-9-6-10-20(26)16-19)23(25(28)29)17-11-13-21(14-12-17)32(27,30)31/h3-14,16,24H,2,15H2,1H3,(H2,27,30,31). The molecule has 1 amide bonds. The van der Waals surface area contributed by atoms with Crippen molar-refractivity contribution in [3.63, 3.8) is 0 Å². The maximum Gasteiger partial charge on any atom is 0.255 e. The van der Waals surface area contributed by atoms with Crippen molar-refractivity contribution in [3.05, 3.63) is 100 Å². The third kappa shape index (κ3) is 4.28. The molecule has 164 valence electrons. The molecule has 0 saturated carbocycles. The first-order chi connectivity index (χ1) is 15.3. The van der Waals surface area contributed by atoms with Crippen molar-refractivity contribution >= 4 is 43.0 Å². The first-order valence-corrected chi connectivity index (χ1v) is 12.6. The van der Waals surface area contributed by atoms with E-state index in [2.05, 4.69) is 15.9 Å². The minimum atomic E-state index is -3.82. The molecule has 1 aliphatic heterocycles. The quantitative estimate of drug-likeness (QED) is 0.506. The van der Waals surface area contributed by atoms with Crippen molar-refractivity contribution < 1.29 is 13.2 Å². The molecule has 1 aliphatic rings. The Morgan fingerprint density at radius 1 is 0.938 bits per heavy atom. The molecule has 0 spiro atoms. The van der Waals surface area contributed by atoms with Crippen LogP contribution in [-0.4, -0.2) is 25.8 Å². The molecule has 1 heterocycles. The van der Waals surface area contributed by atoms with Crippen molar-refractivity contribution in [1.29, 1.82) is 0 Å². The van der Waals surface area contributed by atoms with Crippen LogP contribution in [0.1, 0.15) is 36.1 Å². The van der Waals surface area contributed by atoms with Crippen LogP contribution < -0.4 is 5.14 Å².